The van der Waals surface area contributed by atoms with Crippen LogP contribution in [0.2, 0.25) is 0 Å². The Morgan fingerprint density at radius 3 is 2.46 bits per heavy atom. The van der Waals surface area contributed by atoms with E-state index in [9.17, 15) is 4.79 Å². The van der Waals surface area contributed by atoms with Crippen molar-refractivity contribution in [1.82, 2.24) is 0 Å². The first-order valence-corrected chi connectivity index (χ1v) is 3.80. The SMILES string of the molecule is O=CC(O)Cc1ccc(OO)cc1. The summed E-state index contributed by atoms with van der Waals surface area (Å²) in [7, 11) is 0. The third-order valence-corrected chi connectivity index (χ3v) is 1.63. The zero-order valence-electron chi connectivity index (χ0n) is 6.88. The van der Waals surface area contributed by atoms with Gasteiger partial charge in [-0.1, -0.05) is 12.1 Å². The number of carbonyl (C=O) groups excluding carboxylic acids is 1. The van der Waals surface area contributed by atoms with Gasteiger partial charge in [0, 0.05) is 6.42 Å². The van der Waals surface area contributed by atoms with E-state index in [0.29, 0.717) is 12.0 Å². The van der Waals surface area contributed by atoms with Crippen LogP contribution < -0.4 is 4.89 Å². The number of rotatable bonds is 4. The Balaban J connectivity index is 2.63. The molecule has 1 unspecified atom stereocenters. The Morgan fingerprint density at radius 2 is 2.00 bits per heavy atom. The first-order valence-electron chi connectivity index (χ1n) is 3.80. The number of aliphatic hydroxyl groups is 1. The Labute approximate surface area is 75.3 Å². The van der Waals surface area contributed by atoms with E-state index in [1.54, 1.807) is 24.3 Å². The zero-order valence-corrected chi connectivity index (χ0v) is 6.88. The summed E-state index contributed by atoms with van der Waals surface area (Å²) in [6.07, 6.45) is -0.216. The van der Waals surface area contributed by atoms with Crippen LogP contribution in [-0.2, 0) is 11.2 Å². The van der Waals surface area contributed by atoms with E-state index in [1.165, 1.54) is 0 Å². The number of aliphatic hydroxyl groups excluding tert-OH is 1. The molecule has 0 heterocycles. The van der Waals surface area contributed by atoms with E-state index in [1.807, 2.05) is 0 Å². The highest BCUT2D eigenvalue weighted by Crippen LogP contribution is 2.12. The molecule has 0 aromatic heterocycles. The van der Waals surface area contributed by atoms with Crippen LogP contribution in [0.15, 0.2) is 24.3 Å². The van der Waals surface area contributed by atoms with Crippen LogP contribution in [0.3, 0.4) is 0 Å². The Hall–Kier alpha value is -1.39. The molecule has 0 fully saturated rings. The fourth-order valence-electron chi connectivity index (χ4n) is 0.976. The normalized spacial score (nSPS) is 12.2. The molecule has 4 nitrogen and oxygen atoms in total. The molecule has 0 saturated carbocycles. The van der Waals surface area contributed by atoms with Crippen molar-refractivity contribution in [3.63, 3.8) is 0 Å². The van der Waals surface area contributed by atoms with Crippen molar-refractivity contribution in [1.29, 1.82) is 0 Å². The number of benzene rings is 1. The van der Waals surface area contributed by atoms with Crippen molar-refractivity contribution >= 4 is 6.29 Å². The van der Waals surface area contributed by atoms with Gasteiger partial charge in [0.05, 0.1) is 0 Å². The van der Waals surface area contributed by atoms with Gasteiger partial charge >= 0.3 is 0 Å². The Kier molecular flexibility index (Phi) is 3.42. The third kappa shape index (κ3) is 2.85. The molecule has 70 valence electrons. The van der Waals surface area contributed by atoms with E-state index in [-0.39, 0.29) is 6.42 Å². The van der Waals surface area contributed by atoms with Crippen LogP contribution in [0.4, 0.5) is 0 Å². The molecule has 0 aliphatic heterocycles. The molecule has 0 radical (unpaired) electrons. The van der Waals surface area contributed by atoms with E-state index >= 15 is 0 Å². The molecular formula is C9H10O4. The highest BCUT2D eigenvalue weighted by Gasteiger charge is 2.03. The Bertz CT molecular complexity index is 267. The van der Waals surface area contributed by atoms with Gasteiger partial charge in [-0.25, -0.2) is 5.26 Å². The Morgan fingerprint density at radius 1 is 1.38 bits per heavy atom. The standard InChI is InChI=1S/C9H10O4/c10-6-8(11)5-7-1-3-9(13-12)4-2-7/h1-4,6,8,11-12H,5H2. The van der Waals surface area contributed by atoms with Crippen molar-refractivity contribution in [3.8, 4) is 5.75 Å². The van der Waals surface area contributed by atoms with Crippen LogP contribution in [0.5, 0.6) is 5.75 Å². The minimum absolute atomic E-state index is 0.273. The van der Waals surface area contributed by atoms with E-state index in [4.69, 9.17) is 10.4 Å². The lowest BCUT2D eigenvalue weighted by molar-refractivity contribution is -0.137. The first-order chi connectivity index (χ1) is 6.26. The molecule has 0 saturated heterocycles. The van der Waals surface area contributed by atoms with Gasteiger partial charge in [0.25, 0.3) is 0 Å². The monoisotopic (exact) mass is 182 g/mol. The van der Waals surface area contributed by atoms with Crippen LogP contribution in [-0.4, -0.2) is 22.8 Å². The van der Waals surface area contributed by atoms with Gasteiger partial charge < -0.3 is 14.8 Å². The highest BCUT2D eigenvalue weighted by atomic mass is 17.1. The van der Waals surface area contributed by atoms with Gasteiger partial charge in [-0.2, -0.15) is 0 Å². The molecule has 13 heavy (non-hydrogen) atoms. The molecular weight excluding hydrogens is 172 g/mol. The summed E-state index contributed by atoms with van der Waals surface area (Å²) < 4.78 is 0. The molecule has 1 aromatic carbocycles. The average Bonchev–Trinajstić information content (AvgIpc) is 2.19. The molecule has 1 atom stereocenters. The highest BCUT2D eigenvalue weighted by molar-refractivity contribution is 5.56. The van der Waals surface area contributed by atoms with Gasteiger partial charge in [0.1, 0.15) is 12.4 Å². The number of hydrogen-bond donors (Lipinski definition) is 2. The lowest BCUT2D eigenvalue weighted by Gasteiger charge is -2.03. The first kappa shape index (κ1) is 9.70. The van der Waals surface area contributed by atoms with Gasteiger partial charge in [-0.3, -0.25) is 0 Å². The van der Waals surface area contributed by atoms with Crippen molar-refractivity contribution in [2.45, 2.75) is 12.5 Å². The number of aldehydes is 1. The van der Waals surface area contributed by atoms with Gasteiger partial charge in [-0.15, -0.1) is 0 Å². The van der Waals surface area contributed by atoms with E-state index < -0.39 is 6.10 Å². The summed E-state index contributed by atoms with van der Waals surface area (Å²) >= 11 is 0. The maximum atomic E-state index is 10.1. The van der Waals surface area contributed by atoms with Crippen molar-refractivity contribution in [3.05, 3.63) is 29.8 Å². The summed E-state index contributed by atoms with van der Waals surface area (Å²) in [4.78, 5) is 14.1. The minimum Gasteiger partial charge on any atom is -0.385 e. The molecule has 2 N–H and O–H groups in total. The van der Waals surface area contributed by atoms with Crippen LogP contribution in [0, 0.1) is 0 Å². The van der Waals surface area contributed by atoms with Crippen molar-refractivity contribution in [2.24, 2.45) is 0 Å². The largest absolute Gasteiger partial charge is 0.385 e. The van der Waals surface area contributed by atoms with E-state index in [0.717, 1.165) is 5.56 Å². The smallest absolute Gasteiger partial charge is 0.165 e. The lowest BCUT2D eigenvalue weighted by Crippen LogP contribution is -2.11. The summed E-state index contributed by atoms with van der Waals surface area (Å²) in [5.74, 6) is 0.323. The summed E-state index contributed by atoms with van der Waals surface area (Å²) in [6, 6.07) is 6.43. The summed E-state index contributed by atoms with van der Waals surface area (Å²) in [6.45, 7) is 0. The molecule has 4 heteroatoms. The van der Waals surface area contributed by atoms with Crippen molar-refractivity contribution in [2.75, 3.05) is 0 Å². The molecule has 0 bridgehead atoms. The summed E-state index contributed by atoms with van der Waals surface area (Å²) in [5, 5.41) is 17.2. The van der Waals surface area contributed by atoms with Crippen molar-refractivity contribution < 1.29 is 20.0 Å². The molecule has 0 amide bonds. The molecule has 1 aromatic rings. The summed E-state index contributed by atoms with van der Waals surface area (Å²) in [5.41, 5.74) is 0.806. The maximum Gasteiger partial charge on any atom is 0.165 e. The second-order valence-corrected chi connectivity index (χ2v) is 2.64. The molecule has 0 aliphatic carbocycles. The second-order valence-electron chi connectivity index (χ2n) is 2.64. The second kappa shape index (κ2) is 4.59. The average molecular weight is 182 g/mol. The van der Waals surface area contributed by atoms with Gasteiger partial charge in [0.2, 0.25) is 0 Å². The topological polar surface area (TPSA) is 66.8 Å². The minimum atomic E-state index is -0.971. The molecule has 1 rings (SSSR count). The third-order valence-electron chi connectivity index (χ3n) is 1.63. The fraction of sp³-hybridized carbons (Fsp3) is 0.222. The van der Waals surface area contributed by atoms with Gasteiger partial charge in [0.15, 0.2) is 5.75 Å². The molecule has 0 spiro atoms. The van der Waals surface area contributed by atoms with Crippen LogP contribution in [0.25, 0.3) is 0 Å². The number of hydrogen-bond acceptors (Lipinski definition) is 4. The predicted octanol–water partition coefficient (Wildman–Crippen LogP) is 0.641. The predicted molar refractivity (Wildman–Crippen MR) is 45.5 cm³/mol. The van der Waals surface area contributed by atoms with Crippen LogP contribution >= 0.6 is 0 Å². The lowest BCUT2D eigenvalue weighted by atomic mass is 10.1. The zero-order chi connectivity index (χ0) is 9.68. The van der Waals surface area contributed by atoms with Crippen LogP contribution in [0.1, 0.15) is 5.56 Å². The number of carbonyl (C=O) groups is 1. The molecule has 0 aliphatic rings. The van der Waals surface area contributed by atoms with Gasteiger partial charge in [-0.05, 0) is 17.7 Å². The van der Waals surface area contributed by atoms with E-state index in [2.05, 4.69) is 4.89 Å². The fourth-order valence-corrected chi connectivity index (χ4v) is 0.976. The quantitative estimate of drug-likeness (QED) is 0.407. The maximum absolute atomic E-state index is 10.1.